The van der Waals surface area contributed by atoms with Crippen molar-refractivity contribution in [3.05, 3.63) is 35.4 Å². The second kappa shape index (κ2) is 6.90. The van der Waals surface area contributed by atoms with E-state index in [0.717, 1.165) is 36.9 Å². The zero-order chi connectivity index (χ0) is 15.3. The third-order valence-corrected chi connectivity index (χ3v) is 5.89. The van der Waals surface area contributed by atoms with E-state index < -0.39 is 10.0 Å². The smallest absolute Gasteiger partial charge is 0.215 e. The fourth-order valence-electron chi connectivity index (χ4n) is 2.82. The molecule has 21 heavy (non-hydrogen) atoms. The van der Waals surface area contributed by atoms with Gasteiger partial charge in [-0.1, -0.05) is 37.6 Å². The summed E-state index contributed by atoms with van der Waals surface area (Å²) in [5.41, 5.74) is 2.21. The SMILES string of the molecule is CCC1(CNS(=O)(=O)Cc2ccc(CNC)cc2)CCC1. The van der Waals surface area contributed by atoms with Crippen LogP contribution in [0.3, 0.4) is 0 Å². The molecule has 0 heterocycles. The second-order valence-electron chi connectivity index (χ2n) is 6.13. The summed E-state index contributed by atoms with van der Waals surface area (Å²) in [6, 6.07) is 7.73. The summed E-state index contributed by atoms with van der Waals surface area (Å²) in [5.74, 6) is 0.0621. The van der Waals surface area contributed by atoms with Crippen LogP contribution in [-0.2, 0) is 22.3 Å². The molecule has 1 saturated carbocycles. The highest BCUT2D eigenvalue weighted by molar-refractivity contribution is 7.88. The molecule has 118 valence electrons. The standard InChI is InChI=1S/C16H26N2O2S/c1-3-16(9-4-10-16)13-18-21(19,20)12-15-7-5-14(6-8-15)11-17-2/h5-8,17-18H,3-4,9-13H2,1-2H3. The Labute approximate surface area is 128 Å². The molecule has 0 aromatic heterocycles. The van der Waals surface area contributed by atoms with E-state index in [-0.39, 0.29) is 11.2 Å². The Bertz CT molecular complexity index is 543. The van der Waals surface area contributed by atoms with Crippen molar-refractivity contribution in [1.29, 1.82) is 0 Å². The van der Waals surface area contributed by atoms with Crippen LogP contribution in [0.4, 0.5) is 0 Å². The molecule has 1 aromatic rings. The van der Waals surface area contributed by atoms with E-state index in [0.29, 0.717) is 6.54 Å². The average molecular weight is 310 g/mol. The van der Waals surface area contributed by atoms with Crippen molar-refractivity contribution in [2.45, 2.75) is 44.9 Å². The van der Waals surface area contributed by atoms with Gasteiger partial charge in [-0.2, -0.15) is 0 Å². The van der Waals surface area contributed by atoms with E-state index in [2.05, 4.69) is 17.0 Å². The number of nitrogens with one attached hydrogen (secondary N) is 2. The minimum atomic E-state index is -3.24. The van der Waals surface area contributed by atoms with Gasteiger partial charge in [0.25, 0.3) is 0 Å². The highest BCUT2D eigenvalue weighted by Crippen LogP contribution is 2.43. The quantitative estimate of drug-likeness (QED) is 0.775. The lowest BCUT2D eigenvalue weighted by Gasteiger charge is -2.41. The highest BCUT2D eigenvalue weighted by Gasteiger charge is 2.35. The first-order chi connectivity index (χ1) is 9.99. The van der Waals surface area contributed by atoms with Gasteiger partial charge in [-0.25, -0.2) is 13.1 Å². The van der Waals surface area contributed by atoms with E-state index in [1.54, 1.807) is 0 Å². The number of rotatable bonds is 8. The first kappa shape index (κ1) is 16.5. The van der Waals surface area contributed by atoms with Crippen molar-refractivity contribution in [2.75, 3.05) is 13.6 Å². The van der Waals surface area contributed by atoms with Gasteiger partial charge in [-0.05, 0) is 42.9 Å². The lowest BCUT2D eigenvalue weighted by atomic mass is 9.67. The van der Waals surface area contributed by atoms with E-state index in [1.807, 2.05) is 31.3 Å². The predicted octanol–water partition coefficient (Wildman–Crippen LogP) is 2.41. The van der Waals surface area contributed by atoms with Crippen molar-refractivity contribution < 1.29 is 8.42 Å². The molecule has 0 bridgehead atoms. The summed E-state index contributed by atoms with van der Waals surface area (Å²) >= 11 is 0. The number of benzene rings is 1. The van der Waals surface area contributed by atoms with Crippen LogP contribution in [0.5, 0.6) is 0 Å². The normalized spacial score (nSPS) is 17.4. The summed E-state index contributed by atoms with van der Waals surface area (Å²) in [6.45, 7) is 3.53. The molecular weight excluding hydrogens is 284 g/mol. The number of hydrogen-bond acceptors (Lipinski definition) is 3. The molecule has 0 saturated heterocycles. The average Bonchev–Trinajstić information content (AvgIpc) is 2.40. The van der Waals surface area contributed by atoms with Crippen molar-refractivity contribution in [1.82, 2.24) is 10.0 Å². The molecule has 1 aliphatic rings. The minimum Gasteiger partial charge on any atom is -0.316 e. The molecular formula is C16H26N2O2S. The summed E-state index contributed by atoms with van der Waals surface area (Å²) in [4.78, 5) is 0. The van der Waals surface area contributed by atoms with E-state index in [1.165, 1.54) is 6.42 Å². The van der Waals surface area contributed by atoms with Crippen LogP contribution >= 0.6 is 0 Å². The fraction of sp³-hybridized carbons (Fsp3) is 0.625. The lowest BCUT2D eigenvalue weighted by molar-refractivity contribution is 0.133. The molecule has 0 spiro atoms. The van der Waals surface area contributed by atoms with Gasteiger partial charge in [0.15, 0.2) is 0 Å². The van der Waals surface area contributed by atoms with E-state index >= 15 is 0 Å². The Kier molecular flexibility index (Phi) is 5.41. The third-order valence-electron chi connectivity index (χ3n) is 4.59. The molecule has 0 radical (unpaired) electrons. The summed E-state index contributed by atoms with van der Waals surface area (Å²) < 4.78 is 27.2. The largest absolute Gasteiger partial charge is 0.316 e. The second-order valence-corrected chi connectivity index (χ2v) is 7.94. The molecule has 1 fully saturated rings. The third kappa shape index (κ3) is 4.53. The number of hydrogen-bond donors (Lipinski definition) is 2. The van der Waals surface area contributed by atoms with Crippen molar-refractivity contribution in [2.24, 2.45) is 5.41 Å². The molecule has 1 aliphatic carbocycles. The van der Waals surface area contributed by atoms with Crippen LogP contribution in [0.1, 0.15) is 43.7 Å². The maximum absolute atomic E-state index is 12.2. The van der Waals surface area contributed by atoms with Crippen LogP contribution < -0.4 is 10.0 Å². The zero-order valence-corrected chi connectivity index (χ0v) is 13.8. The zero-order valence-electron chi connectivity index (χ0n) is 13.0. The van der Waals surface area contributed by atoms with Gasteiger partial charge in [0.2, 0.25) is 10.0 Å². The van der Waals surface area contributed by atoms with Gasteiger partial charge in [-0.3, -0.25) is 0 Å². The van der Waals surface area contributed by atoms with Crippen LogP contribution in [0.25, 0.3) is 0 Å². The maximum atomic E-state index is 12.2. The highest BCUT2D eigenvalue weighted by atomic mass is 32.2. The van der Waals surface area contributed by atoms with Crippen molar-refractivity contribution in [3.8, 4) is 0 Å². The molecule has 4 nitrogen and oxygen atoms in total. The Morgan fingerprint density at radius 3 is 2.24 bits per heavy atom. The lowest BCUT2D eigenvalue weighted by Crippen LogP contribution is -2.42. The first-order valence-corrected chi connectivity index (χ1v) is 9.34. The molecule has 0 atom stereocenters. The van der Waals surface area contributed by atoms with Gasteiger partial charge in [0.1, 0.15) is 0 Å². The summed E-state index contributed by atoms with van der Waals surface area (Å²) in [6.07, 6.45) is 4.56. The van der Waals surface area contributed by atoms with Gasteiger partial charge in [0.05, 0.1) is 5.75 Å². The Morgan fingerprint density at radius 1 is 1.14 bits per heavy atom. The molecule has 0 amide bonds. The fourth-order valence-corrected chi connectivity index (χ4v) is 4.08. The topological polar surface area (TPSA) is 58.2 Å². The number of sulfonamides is 1. The predicted molar refractivity (Wildman–Crippen MR) is 86.4 cm³/mol. The molecule has 0 aliphatic heterocycles. The molecule has 5 heteroatoms. The molecule has 1 aromatic carbocycles. The van der Waals surface area contributed by atoms with Crippen LogP contribution in [0.15, 0.2) is 24.3 Å². The summed E-state index contributed by atoms with van der Waals surface area (Å²) in [5, 5.41) is 3.08. The van der Waals surface area contributed by atoms with Crippen LogP contribution in [0, 0.1) is 5.41 Å². The van der Waals surface area contributed by atoms with Crippen molar-refractivity contribution in [3.63, 3.8) is 0 Å². The van der Waals surface area contributed by atoms with Gasteiger partial charge in [0, 0.05) is 13.1 Å². The minimum absolute atomic E-state index is 0.0621. The van der Waals surface area contributed by atoms with Crippen LogP contribution in [0.2, 0.25) is 0 Å². The van der Waals surface area contributed by atoms with Gasteiger partial charge < -0.3 is 5.32 Å². The Balaban J connectivity index is 1.91. The molecule has 0 unspecified atom stereocenters. The van der Waals surface area contributed by atoms with Gasteiger partial charge in [-0.15, -0.1) is 0 Å². The maximum Gasteiger partial charge on any atom is 0.215 e. The monoisotopic (exact) mass is 310 g/mol. The van der Waals surface area contributed by atoms with E-state index in [4.69, 9.17) is 0 Å². The first-order valence-electron chi connectivity index (χ1n) is 7.68. The molecule has 2 rings (SSSR count). The van der Waals surface area contributed by atoms with Crippen LogP contribution in [-0.4, -0.2) is 22.0 Å². The Hall–Kier alpha value is -0.910. The Morgan fingerprint density at radius 2 is 1.76 bits per heavy atom. The molecule has 2 N–H and O–H groups in total. The van der Waals surface area contributed by atoms with Crippen molar-refractivity contribution >= 4 is 10.0 Å². The van der Waals surface area contributed by atoms with E-state index in [9.17, 15) is 8.42 Å². The van der Waals surface area contributed by atoms with Gasteiger partial charge >= 0.3 is 0 Å². The summed E-state index contributed by atoms with van der Waals surface area (Å²) in [7, 11) is -1.35.